The number of nitrogens with one attached hydrogen (secondary N) is 1. The van der Waals surface area contributed by atoms with Gasteiger partial charge in [-0.3, -0.25) is 0 Å². The average Bonchev–Trinajstić information content (AvgIpc) is 2.71. The van der Waals surface area contributed by atoms with E-state index in [9.17, 15) is 8.78 Å². The first kappa shape index (κ1) is 12.3. The Bertz CT molecular complexity index is 394. The molecule has 0 saturated carbocycles. The Morgan fingerprint density at radius 2 is 2.06 bits per heavy atom. The number of halogens is 2. The molecule has 3 nitrogen and oxygen atoms in total. The fourth-order valence-electron chi connectivity index (χ4n) is 1.84. The molecule has 2 rings (SSSR count). The van der Waals surface area contributed by atoms with Crippen LogP contribution >= 0.6 is 0 Å². The van der Waals surface area contributed by atoms with Gasteiger partial charge in [-0.1, -0.05) is 0 Å². The fourth-order valence-corrected chi connectivity index (χ4v) is 1.84. The Hall–Kier alpha value is -1.20. The monoisotopic (exact) mass is 243 g/mol. The minimum Gasteiger partial charge on any atom is -0.503 e. The van der Waals surface area contributed by atoms with Crippen molar-refractivity contribution in [3.8, 4) is 5.75 Å². The summed E-state index contributed by atoms with van der Waals surface area (Å²) < 4.78 is 31.5. The van der Waals surface area contributed by atoms with Gasteiger partial charge in [-0.2, -0.15) is 0 Å². The lowest BCUT2D eigenvalue weighted by atomic mass is 10.0. The number of hydrogen-bond donors (Lipinski definition) is 2. The molecule has 1 aliphatic rings. The Kier molecular flexibility index (Phi) is 3.31. The summed E-state index contributed by atoms with van der Waals surface area (Å²) in [5, 5.41) is 12.2. The molecule has 0 aromatic heterocycles. The van der Waals surface area contributed by atoms with E-state index in [1.165, 1.54) is 0 Å². The summed E-state index contributed by atoms with van der Waals surface area (Å²) >= 11 is 0. The molecule has 1 fully saturated rings. The van der Waals surface area contributed by atoms with Gasteiger partial charge in [0.05, 0.1) is 6.61 Å². The van der Waals surface area contributed by atoms with Crippen LogP contribution in [0.4, 0.5) is 8.78 Å². The zero-order valence-corrected chi connectivity index (χ0v) is 9.59. The number of aromatic hydroxyl groups is 1. The molecule has 1 heterocycles. The summed E-state index contributed by atoms with van der Waals surface area (Å²) in [5.41, 5.74) is 0.316. The molecule has 94 valence electrons. The van der Waals surface area contributed by atoms with E-state index in [4.69, 9.17) is 9.84 Å². The van der Waals surface area contributed by atoms with Crippen LogP contribution in [0.1, 0.15) is 18.9 Å². The number of phenols is 1. The van der Waals surface area contributed by atoms with Crippen LogP contribution in [0.25, 0.3) is 0 Å². The fraction of sp³-hybridized carbons (Fsp3) is 0.500. The molecule has 1 atom stereocenters. The minimum absolute atomic E-state index is 0.148. The second kappa shape index (κ2) is 4.58. The number of hydrogen-bond acceptors (Lipinski definition) is 3. The van der Waals surface area contributed by atoms with E-state index in [2.05, 4.69) is 5.32 Å². The summed E-state index contributed by atoms with van der Waals surface area (Å²) in [6, 6.07) is 2.26. The van der Waals surface area contributed by atoms with Crippen LogP contribution in [0.15, 0.2) is 12.1 Å². The third-order valence-electron chi connectivity index (χ3n) is 3.01. The van der Waals surface area contributed by atoms with Gasteiger partial charge in [0.2, 0.25) is 0 Å². The Balaban J connectivity index is 2.04. The van der Waals surface area contributed by atoms with E-state index in [0.29, 0.717) is 25.3 Å². The highest BCUT2D eigenvalue weighted by molar-refractivity contribution is 5.30. The van der Waals surface area contributed by atoms with Gasteiger partial charge in [-0.25, -0.2) is 8.78 Å². The number of phenolic OH excluding ortho intramolecular Hbond substituents is 1. The Labute approximate surface area is 98.4 Å². The second-order valence-electron chi connectivity index (χ2n) is 4.62. The molecule has 0 bridgehead atoms. The summed E-state index contributed by atoms with van der Waals surface area (Å²) in [6.45, 7) is 3.64. The van der Waals surface area contributed by atoms with Crippen molar-refractivity contribution in [2.45, 2.75) is 25.4 Å². The number of rotatable bonds is 3. The van der Waals surface area contributed by atoms with Crippen LogP contribution in [-0.4, -0.2) is 23.9 Å². The molecule has 5 heteroatoms. The number of benzene rings is 1. The van der Waals surface area contributed by atoms with Crippen molar-refractivity contribution >= 4 is 0 Å². The first-order valence-corrected chi connectivity index (χ1v) is 5.50. The van der Waals surface area contributed by atoms with Crippen molar-refractivity contribution in [3.05, 3.63) is 29.3 Å². The second-order valence-corrected chi connectivity index (χ2v) is 4.62. The smallest absolute Gasteiger partial charge is 0.187 e. The lowest BCUT2D eigenvalue weighted by Gasteiger charge is -2.23. The van der Waals surface area contributed by atoms with Gasteiger partial charge in [0.25, 0.3) is 0 Å². The van der Waals surface area contributed by atoms with Crippen LogP contribution in [0.3, 0.4) is 0 Å². The van der Waals surface area contributed by atoms with E-state index < -0.39 is 17.4 Å². The van der Waals surface area contributed by atoms with Gasteiger partial charge in [-0.15, -0.1) is 0 Å². The Morgan fingerprint density at radius 3 is 2.59 bits per heavy atom. The predicted molar refractivity (Wildman–Crippen MR) is 58.7 cm³/mol. The highest BCUT2D eigenvalue weighted by atomic mass is 19.1. The summed E-state index contributed by atoms with van der Waals surface area (Å²) in [5.74, 6) is -2.80. The maximum Gasteiger partial charge on any atom is 0.187 e. The molecular formula is C12H15F2NO2. The molecule has 1 aromatic carbocycles. The van der Waals surface area contributed by atoms with Crippen molar-refractivity contribution in [2.75, 3.05) is 13.2 Å². The highest BCUT2D eigenvalue weighted by Crippen LogP contribution is 2.23. The first-order valence-electron chi connectivity index (χ1n) is 5.50. The third kappa shape index (κ3) is 2.73. The molecule has 0 spiro atoms. The van der Waals surface area contributed by atoms with Gasteiger partial charge in [0.15, 0.2) is 17.4 Å². The van der Waals surface area contributed by atoms with Crippen molar-refractivity contribution in [2.24, 2.45) is 0 Å². The van der Waals surface area contributed by atoms with E-state index >= 15 is 0 Å². The minimum atomic E-state index is -0.936. The standard InChI is InChI=1S/C12H15F2NO2/c1-12(2-3-17-7-12)15-6-8-4-9(13)11(16)10(14)5-8/h4-5,15-16H,2-3,6-7H2,1H3. The average molecular weight is 243 g/mol. The molecule has 2 N–H and O–H groups in total. The van der Waals surface area contributed by atoms with Gasteiger partial charge in [0.1, 0.15) is 0 Å². The van der Waals surface area contributed by atoms with Gasteiger partial charge in [-0.05, 0) is 31.0 Å². The van der Waals surface area contributed by atoms with Gasteiger partial charge in [0, 0.05) is 18.7 Å². The molecule has 0 aliphatic carbocycles. The summed E-state index contributed by atoms with van der Waals surface area (Å²) in [7, 11) is 0. The van der Waals surface area contributed by atoms with Crippen molar-refractivity contribution in [3.63, 3.8) is 0 Å². The first-order chi connectivity index (χ1) is 8.00. The van der Waals surface area contributed by atoms with Crippen molar-refractivity contribution < 1.29 is 18.6 Å². The maximum absolute atomic E-state index is 13.1. The molecule has 0 amide bonds. The van der Waals surface area contributed by atoms with Crippen LogP contribution in [0.2, 0.25) is 0 Å². The van der Waals surface area contributed by atoms with Crippen LogP contribution in [0.5, 0.6) is 5.75 Å². The Morgan fingerprint density at radius 1 is 1.41 bits per heavy atom. The molecule has 1 aromatic rings. The summed E-state index contributed by atoms with van der Waals surface area (Å²) in [6.07, 6.45) is 0.871. The molecule has 1 saturated heterocycles. The van der Waals surface area contributed by atoms with E-state index in [-0.39, 0.29) is 5.54 Å². The van der Waals surface area contributed by atoms with Crippen molar-refractivity contribution in [1.29, 1.82) is 0 Å². The topological polar surface area (TPSA) is 41.5 Å². The maximum atomic E-state index is 13.1. The summed E-state index contributed by atoms with van der Waals surface area (Å²) in [4.78, 5) is 0. The number of ether oxygens (including phenoxy) is 1. The zero-order valence-electron chi connectivity index (χ0n) is 9.59. The molecule has 1 unspecified atom stereocenters. The molecular weight excluding hydrogens is 228 g/mol. The lowest BCUT2D eigenvalue weighted by Crippen LogP contribution is -2.42. The quantitative estimate of drug-likeness (QED) is 0.852. The van der Waals surface area contributed by atoms with E-state index in [0.717, 1.165) is 18.6 Å². The predicted octanol–water partition coefficient (Wildman–Crippen LogP) is 1.94. The lowest BCUT2D eigenvalue weighted by molar-refractivity contribution is 0.171. The van der Waals surface area contributed by atoms with Crippen LogP contribution in [0, 0.1) is 11.6 Å². The third-order valence-corrected chi connectivity index (χ3v) is 3.01. The normalized spacial score (nSPS) is 24.2. The highest BCUT2D eigenvalue weighted by Gasteiger charge is 2.28. The van der Waals surface area contributed by atoms with Gasteiger partial charge < -0.3 is 15.2 Å². The largest absolute Gasteiger partial charge is 0.503 e. The van der Waals surface area contributed by atoms with Gasteiger partial charge >= 0.3 is 0 Å². The van der Waals surface area contributed by atoms with E-state index in [1.54, 1.807) is 0 Å². The van der Waals surface area contributed by atoms with Crippen LogP contribution in [-0.2, 0) is 11.3 Å². The molecule has 0 radical (unpaired) electrons. The molecule has 1 aliphatic heterocycles. The molecule has 17 heavy (non-hydrogen) atoms. The zero-order chi connectivity index (χ0) is 12.5. The van der Waals surface area contributed by atoms with E-state index in [1.807, 2.05) is 6.92 Å². The van der Waals surface area contributed by atoms with Crippen molar-refractivity contribution in [1.82, 2.24) is 5.32 Å². The SMILES string of the molecule is CC1(NCc2cc(F)c(O)c(F)c2)CCOC1. The van der Waals surface area contributed by atoms with Crippen LogP contribution < -0.4 is 5.32 Å².